The third-order valence-electron chi connectivity index (χ3n) is 6.42. The third-order valence-corrected chi connectivity index (χ3v) is 7.22. The minimum absolute atomic E-state index is 0.00448. The summed E-state index contributed by atoms with van der Waals surface area (Å²) in [7, 11) is 1.33. The number of alkyl halides is 3. The van der Waals surface area contributed by atoms with Gasteiger partial charge < -0.3 is 29.9 Å². The molecule has 3 atom stereocenters. The normalized spacial score (nSPS) is 19.0. The Balaban J connectivity index is 2.46. The van der Waals surface area contributed by atoms with Crippen molar-refractivity contribution in [2.24, 2.45) is 0 Å². The molecule has 40 heavy (non-hydrogen) atoms. The molecule has 0 bridgehead atoms. The number of halogens is 4. The van der Waals surface area contributed by atoms with Gasteiger partial charge in [0.15, 0.2) is 11.5 Å². The van der Waals surface area contributed by atoms with Gasteiger partial charge in [0.25, 0.3) is 0 Å². The second-order valence-electron chi connectivity index (χ2n) is 9.47. The molecule has 0 heterocycles. The SMILES string of the molecule is CCCCCCCC(=O)N(CC(F)(F)F)[C@@H]1CC(C(=O)NCCO)=C[C@H](Oc2c(I)cc(C=O)cc2OC)[C@H]1O. The molecule has 0 aliphatic heterocycles. The molecule has 0 fully saturated rings. The first kappa shape index (κ1) is 33.8. The second kappa shape index (κ2) is 16.2. The summed E-state index contributed by atoms with van der Waals surface area (Å²) in [6, 6.07) is 1.47. The molecule has 224 valence electrons. The fraction of sp³-hybridized carbons (Fsp3) is 0.593. The Bertz CT molecular complexity index is 1050. The highest BCUT2D eigenvalue weighted by Gasteiger charge is 2.44. The molecule has 2 rings (SSSR count). The van der Waals surface area contributed by atoms with Crippen LogP contribution in [0.25, 0.3) is 0 Å². The number of hydrogen-bond donors (Lipinski definition) is 3. The van der Waals surface area contributed by atoms with Crippen LogP contribution in [0.15, 0.2) is 23.8 Å². The molecule has 0 saturated heterocycles. The van der Waals surface area contributed by atoms with E-state index in [-0.39, 0.29) is 48.6 Å². The highest BCUT2D eigenvalue weighted by molar-refractivity contribution is 14.1. The van der Waals surface area contributed by atoms with Gasteiger partial charge in [-0.05, 0) is 47.2 Å². The van der Waals surface area contributed by atoms with Crippen LogP contribution in [-0.4, -0.2) is 84.4 Å². The zero-order valence-electron chi connectivity index (χ0n) is 22.5. The summed E-state index contributed by atoms with van der Waals surface area (Å²) in [6.45, 7) is -0.0408. The maximum Gasteiger partial charge on any atom is 0.406 e. The number of carbonyl (C=O) groups is 3. The van der Waals surface area contributed by atoms with E-state index in [1.54, 1.807) is 0 Å². The van der Waals surface area contributed by atoms with E-state index in [0.29, 0.717) is 27.6 Å². The van der Waals surface area contributed by atoms with Gasteiger partial charge in [-0.25, -0.2) is 0 Å². The zero-order valence-corrected chi connectivity index (χ0v) is 24.7. The second-order valence-corrected chi connectivity index (χ2v) is 10.6. The first-order valence-corrected chi connectivity index (χ1v) is 14.2. The summed E-state index contributed by atoms with van der Waals surface area (Å²) >= 11 is 1.88. The van der Waals surface area contributed by atoms with Gasteiger partial charge in [0.05, 0.1) is 23.3 Å². The number of unbranched alkanes of at least 4 members (excludes halogenated alkanes) is 4. The van der Waals surface area contributed by atoms with E-state index in [2.05, 4.69) is 5.32 Å². The summed E-state index contributed by atoms with van der Waals surface area (Å²) < 4.78 is 52.7. The number of rotatable bonds is 15. The van der Waals surface area contributed by atoms with Gasteiger partial charge in [0.2, 0.25) is 11.8 Å². The summed E-state index contributed by atoms with van der Waals surface area (Å²) in [5.41, 5.74) is 0.284. The van der Waals surface area contributed by atoms with Gasteiger partial charge in [0, 0.05) is 30.5 Å². The van der Waals surface area contributed by atoms with Crippen LogP contribution in [0.4, 0.5) is 13.2 Å². The predicted molar refractivity (Wildman–Crippen MR) is 149 cm³/mol. The highest BCUT2D eigenvalue weighted by atomic mass is 127. The standard InChI is InChI=1S/C27H36F3IN2O7/c1-3-4-5-6-7-8-23(36)33(16-27(28,29)30)20-13-18(26(38)32-9-10-34)14-21(24(20)37)40-25-19(31)11-17(15-35)12-22(25)39-2/h11-12,14-15,20-21,24,34,37H,3-10,13,16H2,1-2H3,(H,32,38)/t20-,21+,24+/m1/s1. The summed E-state index contributed by atoms with van der Waals surface area (Å²) in [5, 5.41) is 22.8. The number of aliphatic hydroxyl groups is 2. The van der Waals surface area contributed by atoms with E-state index in [9.17, 15) is 32.7 Å². The van der Waals surface area contributed by atoms with Gasteiger partial charge >= 0.3 is 6.18 Å². The van der Waals surface area contributed by atoms with Gasteiger partial charge in [-0.2, -0.15) is 13.2 Å². The summed E-state index contributed by atoms with van der Waals surface area (Å²) in [5.74, 6) is -1.21. The van der Waals surface area contributed by atoms with Crippen molar-refractivity contribution in [3.8, 4) is 11.5 Å². The third kappa shape index (κ3) is 9.91. The quantitative estimate of drug-likeness (QED) is 0.146. The number of methoxy groups -OCH3 is 1. The number of nitrogens with zero attached hydrogens (tertiary/aromatic N) is 1. The number of aldehydes is 1. The van der Waals surface area contributed by atoms with Crippen LogP contribution in [0.5, 0.6) is 11.5 Å². The lowest BCUT2D eigenvalue weighted by atomic mass is 9.87. The van der Waals surface area contributed by atoms with E-state index >= 15 is 0 Å². The van der Waals surface area contributed by atoms with Gasteiger partial charge in [0.1, 0.15) is 25.0 Å². The average molecular weight is 684 g/mol. The minimum Gasteiger partial charge on any atom is -0.493 e. The van der Waals surface area contributed by atoms with Crippen LogP contribution in [0, 0.1) is 3.57 Å². The van der Waals surface area contributed by atoms with Crippen LogP contribution < -0.4 is 14.8 Å². The Labute approximate surface area is 245 Å². The first-order chi connectivity index (χ1) is 18.9. The fourth-order valence-electron chi connectivity index (χ4n) is 4.44. The Morgan fingerprint density at radius 2 is 1.93 bits per heavy atom. The summed E-state index contributed by atoms with van der Waals surface area (Å²) in [6.07, 6.45) is -2.47. The molecule has 0 aromatic heterocycles. The molecular formula is C27H36F3IN2O7. The molecular weight excluding hydrogens is 648 g/mol. The molecule has 0 saturated carbocycles. The van der Waals surface area contributed by atoms with Gasteiger partial charge in [-0.15, -0.1) is 0 Å². The summed E-state index contributed by atoms with van der Waals surface area (Å²) in [4.78, 5) is 37.8. The predicted octanol–water partition coefficient (Wildman–Crippen LogP) is 3.78. The molecule has 9 nitrogen and oxygen atoms in total. The lowest BCUT2D eigenvalue weighted by Crippen LogP contribution is -2.57. The molecule has 13 heteroatoms. The molecule has 1 aliphatic rings. The lowest BCUT2D eigenvalue weighted by molar-refractivity contribution is -0.172. The van der Waals surface area contributed by atoms with Gasteiger partial charge in [-0.3, -0.25) is 14.4 Å². The van der Waals surface area contributed by atoms with Crippen molar-refractivity contribution < 1.29 is 47.2 Å². The van der Waals surface area contributed by atoms with E-state index in [0.717, 1.165) is 19.3 Å². The number of benzene rings is 1. The van der Waals surface area contributed by atoms with E-state index in [4.69, 9.17) is 14.6 Å². The minimum atomic E-state index is -4.75. The number of aliphatic hydroxyl groups excluding tert-OH is 2. The largest absolute Gasteiger partial charge is 0.493 e. The fourth-order valence-corrected chi connectivity index (χ4v) is 5.20. The molecule has 0 unspecified atom stereocenters. The zero-order chi connectivity index (χ0) is 29.9. The number of nitrogens with one attached hydrogen (secondary N) is 1. The number of ether oxygens (including phenoxy) is 2. The average Bonchev–Trinajstić information content (AvgIpc) is 2.91. The van der Waals surface area contributed by atoms with Gasteiger partial charge in [-0.1, -0.05) is 32.6 Å². The van der Waals surface area contributed by atoms with Crippen molar-refractivity contribution in [3.05, 3.63) is 32.9 Å². The molecule has 2 amide bonds. The van der Waals surface area contributed by atoms with Crippen LogP contribution >= 0.6 is 22.6 Å². The topological polar surface area (TPSA) is 125 Å². The Hall–Kier alpha value is -2.39. The number of amides is 2. The van der Waals surface area contributed by atoms with Crippen LogP contribution in [-0.2, 0) is 9.59 Å². The maximum atomic E-state index is 13.7. The molecule has 1 aromatic carbocycles. The van der Waals surface area contributed by atoms with E-state index in [1.165, 1.54) is 25.3 Å². The van der Waals surface area contributed by atoms with Crippen molar-refractivity contribution in [1.29, 1.82) is 0 Å². The highest BCUT2D eigenvalue weighted by Crippen LogP contribution is 2.37. The molecule has 0 spiro atoms. The van der Waals surface area contributed by atoms with Crippen molar-refractivity contribution in [2.75, 3.05) is 26.8 Å². The number of hydrogen-bond acceptors (Lipinski definition) is 7. The molecule has 3 N–H and O–H groups in total. The Morgan fingerprint density at radius 3 is 2.52 bits per heavy atom. The Kier molecular flexibility index (Phi) is 13.7. The van der Waals surface area contributed by atoms with Crippen LogP contribution in [0.1, 0.15) is 62.2 Å². The van der Waals surface area contributed by atoms with E-state index in [1.807, 2.05) is 29.5 Å². The van der Waals surface area contributed by atoms with Crippen molar-refractivity contribution in [3.63, 3.8) is 0 Å². The van der Waals surface area contributed by atoms with Crippen molar-refractivity contribution in [1.82, 2.24) is 10.2 Å². The molecule has 0 radical (unpaired) electrons. The van der Waals surface area contributed by atoms with Crippen molar-refractivity contribution in [2.45, 2.75) is 76.3 Å². The Morgan fingerprint density at radius 1 is 1.23 bits per heavy atom. The van der Waals surface area contributed by atoms with E-state index < -0.39 is 42.8 Å². The van der Waals surface area contributed by atoms with Crippen LogP contribution in [0.2, 0.25) is 0 Å². The molecule has 1 aromatic rings. The lowest BCUT2D eigenvalue weighted by Gasteiger charge is -2.41. The smallest absolute Gasteiger partial charge is 0.406 e. The molecule has 1 aliphatic carbocycles. The maximum absolute atomic E-state index is 13.7. The number of carbonyl (C=O) groups excluding carboxylic acids is 3. The first-order valence-electron chi connectivity index (χ1n) is 13.1. The van der Waals surface area contributed by atoms with Crippen LogP contribution in [0.3, 0.4) is 0 Å². The monoisotopic (exact) mass is 684 g/mol. The van der Waals surface area contributed by atoms with Crippen molar-refractivity contribution >= 4 is 40.7 Å².